The molecule has 4 saturated carbocycles. The summed E-state index contributed by atoms with van der Waals surface area (Å²) in [5.74, 6) is 11.9. The third-order valence-electron chi connectivity index (χ3n) is 5.00. The van der Waals surface area contributed by atoms with E-state index in [4.69, 9.17) is 0 Å². The Morgan fingerprint density at radius 1 is 1.00 bits per heavy atom. The lowest BCUT2D eigenvalue weighted by Crippen LogP contribution is -2.44. The summed E-state index contributed by atoms with van der Waals surface area (Å²) in [5.41, 5.74) is 0. The van der Waals surface area contributed by atoms with E-state index in [-0.39, 0.29) is 0 Å². The Morgan fingerprint density at radius 2 is 1.62 bits per heavy atom. The van der Waals surface area contributed by atoms with Gasteiger partial charge in [0.25, 0.3) is 0 Å². The van der Waals surface area contributed by atoms with Crippen LogP contribution in [-0.4, -0.2) is 13.6 Å². The molecule has 0 spiro atoms. The first-order valence-corrected chi connectivity index (χ1v) is 6.99. The van der Waals surface area contributed by atoms with Crippen molar-refractivity contribution in [1.82, 2.24) is 5.32 Å². The van der Waals surface area contributed by atoms with Gasteiger partial charge in [-0.15, -0.1) is 5.92 Å². The summed E-state index contributed by atoms with van der Waals surface area (Å²) in [6.45, 7) is 1.04. The molecule has 0 radical (unpaired) electrons. The monoisotopic (exact) mass is 217 g/mol. The second-order valence-corrected chi connectivity index (χ2v) is 6.13. The third-order valence-corrected chi connectivity index (χ3v) is 5.00. The second kappa shape index (κ2) is 4.41. The number of rotatable bonds is 2. The highest BCUT2D eigenvalue weighted by molar-refractivity contribution is 5.13. The lowest BCUT2D eigenvalue weighted by Gasteiger charge is -2.52. The van der Waals surface area contributed by atoms with Crippen LogP contribution >= 0.6 is 0 Å². The van der Waals surface area contributed by atoms with Crippen molar-refractivity contribution in [3.8, 4) is 11.8 Å². The van der Waals surface area contributed by atoms with Gasteiger partial charge in [0.15, 0.2) is 0 Å². The van der Waals surface area contributed by atoms with Crippen LogP contribution in [0.3, 0.4) is 0 Å². The van der Waals surface area contributed by atoms with Crippen molar-refractivity contribution >= 4 is 0 Å². The first kappa shape index (κ1) is 10.7. The maximum Gasteiger partial charge on any atom is 0.0259 e. The Morgan fingerprint density at radius 3 is 2.19 bits per heavy atom. The van der Waals surface area contributed by atoms with Crippen molar-refractivity contribution < 1.29 is 0 Å². The molecule has 0 aromatic carbocycles. The average molecular weight is 217 g/mol. The molecule has 0 atom stereocenters. The molecule has 1 heteroatoms. The van der Waals surface area contributed by atoms with E-state index in [1.54, 1.807) is 6.42 Å². The molecule has 0 aromatic heterocycles. The molecule has 88 valence electrons. The largest absolute Gasteiger partial charge is 0.319 e. The third kappa shape index (κ3) is 1.89. The Kier molecular flexibility index (Phi) is 2.94. The Balaban J connectivity index is 1.64. The minimum atomic E-state index is 0.768. The SMILES string of the molecule is CNCCC#CC1C2CC3CC(C2)CC1C3. The quantitative estimate of drug-likeness (QED) is 0.554. The van der Waals surface area contributed by atoms with Crippen LogP contribution in [0.1, 0.15) is 38.5 Å². The van der Waals surface area contributed by atoms with Crippen LogP contribution in [-0.2, 0) is 0 Å². The van der Waals surface area contributed by atoms with Gasteiger partial charge in [-0.3, -0.25) is 0 Å². The van der Waals surface area contributed by atoms with E-state index in [1.807, 2.05) is 7.05 Å². The molecule has 1 nitrogen and oxygen atoms in total. The van der Waals surface area contributed by atoms with Crippen LogP contribution in [0.15, 0.2) is 0 Å². The van der Waals surface area contributed by atoms with Crippen molar-refractivity contribution in [1.29, 1.82) is 0 Å². The van der Waals surface area contributed by atoms with Crippen LogP contribution in [0.5, 0.6) is 0 Å². The van der Waals surface area contributed by atoms with Gasteiger partial charge in [-0.25, -0.2) is 0 Å². The van der Waals surface area contributed by atoms with Crippen LogP contribution in [0, 0.1) is 41.4 Å². The predicted molar refractivity (Wildman–Crippen MR) is 66.9 cm³/mol. The lowest BCUT2D eigenvalue weighted by molar-refractivity contribution is -0.0123. The maximum absolute atomic E-state index is 3.61. The van der Waals surface area contributed by atoms with E-state index in [0.29, 0.717) is 0 Å². The fourth-order valence-electron chi connectivity index (χ4n) is 4.54. The number of hydrogen-bond acceptors (Lipinski definition) is 1. The summed E-state index contributed by atoms with van der Waals surface area (Å²) < 4.78 is 0. The van der Waals surface area contributed by atoms with Gasteiger partial charge in [-0.1, -0.05) is 5.92 Å². The van der Waals surface area contributed by atoms with Crippen molar-refractivity contribution in [3.05, 3.63) is 0 Å². The number of hydrogen-bond donors (Lipinski definition) is 1. The molecular weight excluding hydrogens is 194 g/mol. The summed E-state index contributed by atoms with van der Waals surface area (Å²) in [7, 11) is 2.00. The molecule has 0 aromatic rings. The normalized spacial score (nSPS) is 44.2. The fraction of sp³-hybridized carbons (Fsp3) is 0.867. The number of nitrogens with one attached hydrogen (secondary N) is 1. The van der Waals surface area contributed by atoms with Crippen molar-refractivity contribution in [2.45, 2.75) is 38.5 Å². The molecule has 1 N–H and O–H groups in total. The van der Waals surface area contributed by atoms with E-state index in [1.165, 1.54) is 25.7 Å². The van der Waals surface area contributed by atoms with E-state index in [2.05, 4.69) is 17.2 Å². The van der Waals surface area contributed by atoms with Gasteiger partial charge < -0.3 is 5.32 Å². The average Bonchev–Trinajstić information content (AvgIpc) is 2.26. The van der Waals surface area contributed by atoms with E-state index >= 15 is 0 Å². The highest BCUT2D eigenvalue weighted by Gasteiger charge is 2.47. The zero-order chi connectivity index (χ0) is 11.0. The Labute approximate surface area is 99.4 Å². The molecule has 4 bridgehead atoms. The minimum absolute atomic E-state index is 0.768. The smallest absolute Gasteiger partial charge is 0.0259 e. The van der Waals surface area contributed by atoms with Gasteiger partial charge in [-0.05, 0) is 62.8 Å². The van der Waals surface area contributed by atoms with Gasteiger partial charge >= 0.3 is 0 Å². The zero-order valence-electron chi connectivity index (χ0n) is 10.3. The van der Waals surface area contributed by atoms with Crippen molar-refractivity contribution in [2.24, 2.45) is 29.6 Å². The molecule has 0 amide bonds. The van der Waals surface area contributed by atoms with Gasteiger partial charge in [0.1, 0.15) is 0 Å². The first-order valence-electron chi connectivity index (χ1n) is 6.99. The molecular formula is C15H23N. The highest BCUT2D eigenvalue weighted by atomic mass is 14.8. The summed E-state index contributed by atoms with van der Waals surface area (Å²) in [6.07, 6.45) is 8.57. The van der Waals surface area contributed by atoms with Crippen LogP contribution in [0.2, 0.25) is 0 Å². The van der Waals surface area contributed by atoms with Crippen molar-refractivity contribution in [3.63, 3.8) is 0 Å². The molecule has 0 heterocycles. The fourth-order valence-corrected chi connectivity index (χ4v) is 4.54. The lowest BCUT2D eigenvalue weighted by atomic mass is 9.52. The van der Waals surface area contributed by atoms with E-state index in [9.17, 15) is 0 Å². The minimum Gasteiger partial charge on any atom is -0.319 e. The van der Waals surface area contributed by atoms with Crippen LogP contribution in [0.25, 0.3) is 0 Å². The molecule has 4 rings (SSSR count). The summed E-state index contributed by atoms with van der Waals surface area (Å²) in [6, 6.07) is 0. The van der Waals surface area contributed by atoms with Gasteiger partial charge in [0, 0.05) is 18.9 Å². The Hall–Kier alpha value is -0.480. The molecule has 0 unspecified atom stereocenters. The van der Waals surface area contributed by atoms with E-state index in [0.717, 1.165) is 42.6 Å². The Bertz CT molecular complexity index is 281. The summed E-state index contributed by atoms with van der Waals surface area (Å²) in [4.78, 5) is 0. The molecule has 0 aliphatic heterocycles. The molecule has 4 aliphatic carbocycles. The van der Waals surface area contributed by atoms with Crippen LogP contribution in [0.4, 0.5) is 0 Å². The highest BCUT2D eigenvalue weighted by Crippen LogP contribution is 2.56. The predicted octanol–water partition coefficient (Wildman–Crippen LogP) is 2.67. The van der Waals surface area contributed by atoms with Gasteiger partial charge in [0.2, 0.25) is 0 Å². The van der Waals surface area contributed by atoms with Crippen molar-refractivity contribution in [2.75, 3.05) is 13.6 Å². The topological polar surface area (TPSA) is 12.0 Å². The summed E-state index contributed by atoms with van der Waals surface area (Å²) in [5, 5.41) is 3.17. The summed E-state index contributed by atoms with van der Waals surface area (Å²) >= 11 is 0. The van der Waals surface area contributed by atoms with Gasteiger partial charge in [0.05, 0.1) is 0 Å². The second-order valence-electron chi connectivity index (χ2n) is 6.13. The molecule has 0 saturated heterocycles. The molecule has 16 heavy (non-hydrogen) atoms. The molecule has 4 fully saturated rings. The van der Waals surface area contributed by atoms with Crippen LogP contribution < -0.4 is 5.32 Å². The zero-order valence-corrected chi connectivity index (χ0v) is 10.3. The standard InChI is InChI=1S/C15H23N/c1-16-5-3-2-4-15-13-7-11-6-12(9-13)10-14(15)8-11/h11-16H,3,5-10H2,1H3. The van der Waals surface area contributed by atoms with E-state index < -0.39 is 0 Å². The first-order chi connectivity index (χ1) is 7.86. The maximum atomic E-state index is 3.61. The van der Waals surface area contributed by atoms with Gasteiger partial charge in [-0.2, -0.15) is 0 Å². The molecule has 4 aliphatic rings.